The Morgan fingerprint density at radius 1 is 1.24 bits per heavy atom. The van der Waals surface area contributed by atoms with Crippen LogP contribution in [0.5, 0.6) is 0 Å². The molecule has 0 unspecified atom stereocenters. The molecule has 0 aromatic heterocycles. The normalized spacial score (nSPS) is 12.6. The lowest BCUT2D eigenvalue weighted by Gasteiger charge is -2.25. The van der Waals surface area contributed by atoms with Crippen molar-refractivity contribution < 1.29 is 14.7 Å². The van der Waals surface area contributed by atoms with Gasteiger partial charge in [0.2, 0.25) is 5.91 Å². The van der Waals surface area contributed by atoms with Crippen molar-refractivity contribution in [1.29, 1.82) is 0 Å². The first-order valence-electron chi connectivity index (χ1n) is 6.81. The largest absolute Gasteiger partial charge is 0.395 e. The topological polar surface area (TPSA) is 104 Å². The van der Waals surface area contributed by atoms with Crippen LogP contribution in [0.3, 0.4) is 0 Å². The summed E-state index contributed by atoms with van der Waals surface area (Å²) in [5, 5.41) is 13.9. The van der Waals surface area contributed by atoms with Gasteiger partial charge >= 0.3 is 0 Å². The van der Waals surface area contributed by atoms with Crippen molar-refractivity contribution in [3.05, 3.63) is 29.8 Å². The lowest BCUT2D eigenvalue weighted by Crippen LogP contribution is -2.45. The van der Waals surface area contributed by atoms with Crippen LogP contribution < -0.4 is 16.4 Å². The number of rotatable bonds is 5. The van der Waals surface area contributed by atoms with E-state index in [1.54, 1.807) is 24.3 Å². The molecule has 6 nitrogen and oxygen atoms in total. The number of hydrogen-bond acceptors (Lipinski definition) is 4. The molecule has 2 amide bonds. The Labute approximate surface area is 124 Å². The molecule has 1 rings (SSSR count). The van der Waals surface area contributed by atoms with Gasteiger partial charge in [-0.2, -0.15) is 0 Å². The minimum atomic E-state index is -0.620. The molecule has 0 aliphatic carbocycles. The van der Waals surface area contributed by atoms with Crippen molar-refractivity contribution in [3.8, 4) is 0 Å². The number of amides is 2. The maximum absolute atomic E-state index is 12.0. The van der Waals surface area contributed by atoms with Crippen LogP contribution in [0.1, 0.15) is 31.1 Å². The second kappa shape index (κ2) is 7.19. The van der Waals surface area contributed by atoms with Crippen LogP contribution in [0.2, 0.25) is 0 Å². The predicted octanol–water partition coefficient (Wildman–Crippen LogP) is 0.721. The second-order valence-corrected chi connectivity index (χ2v) is 5.89. The molecular weight excluding hydrogens is 270 g/mol. The number of aliphatic hydroxyl groups excluding tert-OH is 1. The zero-order valence-electron chi connectivity index (χ0n) is 12.6. The average Bonchev–Trinajstić information content (AvgIpc) is 2.43. The molecule has 0 fully saturated rings. The van der Waals surface area contributed by atoms with Gasteiger partial charge in [0.1, 0.15) is 0 Å². The Kier molecular flexibility index (Phi) is 5.87. The van der Waals surface area contributed by atoms with E-state index >= 15 is 0 Å². The monoisotopic (exact) mass is 293 g/mol. The maximum Gasteiger partial charge on any atom is 0.251 e. The van der Waals surface area contributed by atoms with Gasteiger partial charge < -0.3 is 21.5 Å². The van der Waals surface area contributed by atoms with Gasteiger partial charge in [0.25, 0.3) is 5.91 Å². The first-order chi connectivity index (χ1) is 9.75. The highest BCUT2D eigenvalue weighted by Gasteiger charge is 2.27. The Morgan fingerprint density at radius 3 is 2.29 bits per heavy atom. The summed E-state index contributed by atoms with van der Waals surface area (Å²) in [5.41, 5.74) is 6.59. The predicted molar refractivity (Wildman–Crippen MR) is 81.9 cm³/mol. The number of anilines is 1. The molecule has 1 atom stereocenters. The zero-order chi connectivity index (χ0) is 16.0. The lowest BCUT2D eigenvalue weighted by atomic mass is 9.87. The first-order valence-corrected chi connectivity index (χ1v) is 6.81. The summed E-state index contributed by atoms with van der Waals surface area (Å²) in [6, 6.07) is 5.86. The third kappa shape index (κ3) is 5.17. The molecule has 5 N–H and O–H groups in total. The molecule has 0 saturated carbocycles. The van der Waals surface area contributed by atoms with E-state index in [0.717, 1.165) is 0 Å². The van der Waals surface area contributed by atoms with Gasteiger partial charge in [-0.05, 0) is 29.7 Å². The van der Waals surface area contributed by atoms with Crippen LogP contribution in [0.15, 0.2) is 24.3 Å². The van der Waals surface area contributed by atoms with E-state index in [-0.39, 0.29) is 30.4 Å². The standard InChI is InChI=1S/C15H23N3O3/c1-15(2,3)12(16)14(21)18-11-6-4-10(5-7-11)13(20)17-8-9-19/h4-7,12,19H,8-9,16H2,1-3H3,(H,17,20)(H,18,21)/t12-/m0/s1. The van der Waals surface area contributed by atoms with Crippen molar-refractivity contribution in [2.24, 2.45) is 11.1 Å². The van der Waals surface area contributed by atoms with E-state index in [1.807, 2.05) is 20.8 Å². The number of nitrogens with two attached hydrogens (primary N) is 1. The lowest BCUT2D eigenvalue weighted by molar-refractivity contribution is -0.119. The molecule has 1 aromatic rings. The van der Waals surface area contributed by atoms with Gasteiger partial charge in [0.05, 0.1) is 12.6 Å². The fraction of sp³-hybridized carbons (Fsp3) is 0.467. The van der Waals surface area contributed by atoms with Crippen molar-refractivity contribution in [2.45, 2.75) is 26.8 Å². The molecule has 0 radical (unpaired) electrons. The van der Waals surface area contributed by atoms with Crippen LogP contribution in [0.25, 0.3) is 0 Å². The molecule has 0 bridgehead atoms. The molecule has 1 aromatic carbocycles. The molecule has 0 saturated heterocycles. The zero-order valence-corrected chi connectivity index (χ0v) is 12.6. The maximum atomic E-state index is 12.0. The Morgan fingerprint density at radius 2 is 1.81 bits per heavy atom. The molecule has 21 heavy (non-hydrogen) atoms. The summed E-state index contributed by atoms with van der Waals surface area (Å²) in [4.78, 5) is 23.6. The molecule has 116 valence electrons. The molecule has 6 heteroatoms. The van der Waals surface area contributed by atoms with E-state index in [2.05, 4.69) is 10.6 Å². The number of benzene rings is 1. The third-order valence-corrected chi connectivity index (χ3v) is 3.03. The van der Waals surface area contributed by atoms with Crippen LogP contribution in [0.4, 0.5) is 5.69 Å². The van der Waals surface area contributed by atoms with Gasteiger partial charge in [-0.3, -0.25) is 9.59 Å². The van der Waals surface area contributed by atoms with E-state index in [0.29, 0.717) is 11.3 Å². The fourth-order valence-electron chi connectivity index (χ4n) is 1.59. The van der Waals surface area contributed by atoms with Gasteiger partial charge in [0, 0.05) is 17.8 Å². The number of carbonyl (C=O) groups excluding carboxylic acids is 2. The van der Waals surface area contributed by atoms with E-state index in [1.165, 1.54) is 0 Å². The van der Waals surface area contributed by atoms with Crippen molar-refractivity contribution in [3.63, 3.8) is 0 Å². The smallest absolute Gasteiger partial charge is 0.251 e. The minimum absolute atomic E-state index is 0.107. The number of aliphatic hydroxyl groups is 1. The van der Waals surface area contributed by atoms with E-state index in [4.69, 9.17) is 10.8 Å². The minimum Gasteiger partial charge on any atom is -0.395 e. The van der Waals surface area contributed by atoms with Crippen molar-refractivity contribution in [1.82, 2.24) is 5.32 Å². The highest BCUT2D eigenvalue weighted by molar-refractivity contribution is 5.97. The highest BCUT2D eigenvalue weighted by Crippen LogP contribution is 2.19. The third-order valence-electron chi connectivity index (χ3n) is 3.03. The molecule has 0 spiro atoms. The quantitative estimate of drug-likeness (QED) is 0.642. The van der Waals surface area contributed by atoms with Gasteiger partial charge in [-0.25, -0.2) is 0 Å². The van der Waals surface area contributed by atoms with E-state index in [9.17, 15) is 9.59 Å². The summed E-state index contributed by atoms with van der Waals surface area (Å²) < 4.78 is 0. The van der Waals surface area contributed by atoms with Gasteiger partial charge in [0.15, 0.2) is 0 Å². The van der Waals surface area contributed by atoms with Crippen molar-refractivity contribution in [2.75, 3.05) is 18.5 Å². The summed E-state index contributed by atoms with van der Waals surface area (Å²) in [5.74, 6) is -0.534. The molecule has 0 heterocycles. The number of hydrogen-bond donors (Lipinski definition) is 4. The van der Waals surface area contributed by atoms with Crippen LogP contribution >= 0.6 is 0 Å². The number of nitrogens with one attached hydrogen (secondary N) is 2. The Bertz CT molecular complexity index is 492. The second-order valence-electron chi connectivity index (χ2n) is 5.89. The van der Waals surface area contributed by atoms with E-state index < -0.39 is 6.04 Å². The van der Waals surface area contributed by atoms with Crippen LogP contribution in [-0.4, -0.2) is 36.1 Å². The SMILES string of the molecule is CC(C)(C)[C@@H](N)C(=O)Nc1ccc(C(=O)NCCO)cc1. The Balaban J connectivity index is 2.67. The average molecular weight is 293 g/mol. The van der Waals surface area contributed by atoms with Crippen LogP contribution in [-0.2, 0) is 4.79 Å². The highest BCUT2D eigenvalue weighted by atomic mass is 16.3. The molecule has 0 aliphatic rings. The molecular formula is C15H23N3O3. The summed E-state index contributed by atoms with van der Waals surface area (Å²) >= 11 is 0. The first kappa shape index (κ1) is 17.1. The fourth-order valence-corrected chi connectivity index (χ4v) is 1.59. The van der Waals surface area contributed by atoms with Gasteiger partial charge in [-0.15, -0.1) is 0 Å². The van der Waals surface area contributed by atoms with Crippen LogP contribution in [0, 0.1) is 5.41 Å². The summed E-state index contributed by atoms with van der Waals surface area (Å²) in [7, 11) is 0. The summed E-state index contributed by atoms with van der Waals surface area (Å²) in [6.45, 7) is 5.78. The summed E-state index contributed by atoms with van der Waals surface area (Å²) in [6.07, 6.45) is 0. The number of carbonyl (C=O) groups is 2. The molecule has 0 aliphatic heterocycles. The Hall–Kier alpha value is -1.92. The van der Waals surface area contributed by atoms with Gasteiger partial charge in [-0.1, -0.05) is 20.8 Å². The van der Waals surface area contributed by atoms with Crippen molar-refractivity contribution >= 4 is 17.5 Å².